The van der Waals surface area contributed by atoms with Crippen molar-refractivity contribution >= 4 is 11.0 Å². The molecule has 0 atom stereocenters. The van der Waals surface area contributed by atoms with Crippen molar-refractivity contribution in [2.24, 2.45) is 0 Å². The largest absolute Gasteiger partial charge is 0.497 e. The summed E-state index contributed by atoms with van der Waals surface area (Å²) in [5.74, 6) is 1.66. The van der Waals surface area contributed by atoms with E-state index in [-0.39, 0.29) is 0 Å². The summed E-state index contributed by atoms with van der Waals surface area (Å²) >= 11 is 0. The molecule has 0 aliphatic carbocycles. The number of hydrogen-bond acceptors (Lipinski definition) is 3. The maximum absolute atomic E-state index is 5.22. The third-order valence-corrected chi connectivity index (χ3v) is 3.17. The van der Waals surface area contributed by atoms with Crippen molar-refractivity contribution in [1.29, 1.82) is 0 Å². The number of pyridine rings is 1. The molecule has 0 aliphatic rings. The standard InChI is InChI=1S/C15H15N3O/c1-9-4-6-12(10(2)16-9)15-17-13-7-5-11(19-3)8-14(13)18-15/h4-8H,1-3H3,(H,17,18). The minimum atomic E-state index is 0.821. The lowest BCUT2D eigenvalue weighted by Gasteiger charge is -2.02. The lowest BCUT2D eigenvalue weighted by Crippen LogP contribution is -1.91. The van der Waals surface area contributed by atoms with Crippen molar-refractivity contribution < 1.29 is 4.74 Å². The number of benzene rings is 1. The molecule has 1 N–H and O–H groups in total. The number of aryl methyl sites for hydroxylation is 2. The molecule has 0 saturated heterocycles. The van der Waals surface area contributed by atoms with Gasteiger partial charge >= 0.3 is 0 Å². The third kappa shape index (κ3) is 2.05. The molecule has 2 heterocycles. The van der Waals surface area contributed by atoms with E-state index in [1.165, 1.54) is 0 Å². The van der Waals surface area contributed by atoms with E-state index in [2.05, 4.69) is 15.0 Å². The number of hydrogen-bond donors (Lipinski definition) is 1. The third-order valence-electron chi connectivity index (χ3n) is 3.17. The molecule has 3 aromatic rings. The average molecular weight is 253 g/mol. The van der Waals surface area contributed by atoms with Gasteiger partial charge in [-0.05, 0) is 38.1 Å². The molecule has 0 unspecified atom stereocenters. The summed E-state index contributed by atoms with van der Waals surface area (Å²) in [5, 5.41) is 0. The quantitative estimate of drug-likeness (QED) is 0.762. The number of imidazole rings is 1. The molecular weight excluding hydrogens is 238 g/mol. The summed E-state index contributed by atoms with van der Waals surface area (Å²) in [6.07, 6.45) is 0. The minimum absolute atomic E-state index is 0.821. The second-order valence-corrected chi connectivity index (χ2v) is 4.55. The Bertz CT molecular complexity index is 746. The zero-order valence-corrected chi connectivity index (χ0v) is 11.2. The topological polar surface area (TPSA) is 50.8 Å². The molecule has 0 aliphatic heterocycles. The van der Waals surface area contributed by atoms with E-state index in [0.29, 0.717) is 0 Å². The Morgan fingerprint density at radius 3 is 2.63 bits per heavy atom. The van der Waals surface area contributed by atoms with Gasteiger partial charge in [-0.25, -0.2) is 4.98 Å². The van der Waals surface area contributed by atoms with Crippen LogP contribution in [0.5, 0.6) is 5.75 Å². The first kappa shape index (κ1) is 11.7. The molecule has 4 nitrogen and oxygen atoms in total. The van der Waals surface area contributed by atoms with Gasteiger partial charge in [0.1, 0.15) is 11.6 Å². The maximum atomic E-state index is 5.22. The smallest absolute Gasteiger partial charge is 0.140 e. The van der Waals surface area contributed by atoms with Crippen molar-refractivity contribution in [3.8, 4) is 17.1 Å². The van der Waals surface area contributed by atoms with Crippen LogP contribution >= 0.6 is 0 Å². The monoisotopic (exact) mass is 253 g/mol. The van der Waals surface area contributed by atoms with Gasteiger partial charge in [0.05, 0.1) is 18.1 Å². The molecule has 1 aromatic carbocycles. The highest BCUT2D eigenvalue weighted by molar-refractivity contribution is 5.81. The van der Waals surface area contributed by atoms with Crippen LogP contribution in [0.1, 0.15) is 11.4 Å². The van der Waals surface area contributed by atoms with Crippen LogP contribution in [0.3, 0.4) is 0 Å². The van der Waals surface area contributed by atoms with E-state index < -0.39 is 0 Å². The van der Waals surface area contributed by atoms with Crippen LogP contribution in [-0.4, -0.2) is 22.1 Å². The highest BCUT2D eigenvalue weighted by Gasteiger charge is 2.09. The van der Waals surface area contributed by atoms with Crippen LogP contribution in [-0.2, 0) is 0 Å². The lowest BCUT2D eigenvalue weighted by atomic mass is 10.2. The Hall–Kier alpha value is -2.36. The number of fused-ring (bicyclic) bond motifs is 1. The molecule has 0 bridgehead atoms. The Kier molecular flexibility index (Phi) is 2.71. The van der Waals surface area contributed by atoms with E-state index in [0.717, 1.165) is 39.6 Å². The number of aromatic nitrogens is 3. The molecule has 2 aromatic heterocycles. The average Bonchev–Trinajstić information content (AvgIpc) is 2.80. The molecule has 19 heavy (non-hydrogen) atoms. The Morgan fingerprint density at radius 2 is 1.89 bits per heavy atom. The fourth-order valence-corrected chi connectivity index (χ4v) is 2.18. The van der Waals surface area contributed by atoms with Crippen molar-refractivity contribution in [3.63, 3.8) is 0 Å². The van der Waals surface area contributed by atoms with E-state index in [9.17, 15) is 0 Å². The molecule has 3 rings (SSSR count). The number of H-pyrrole nitrogens is 1. The zero-order valence-electron chi connectivity index (χ0n) is 11.2. The minimum Gasteiger partial charge on any atom is -0.497 e. The highest BCUT2D eigenvalue weighted by atomic mass is 16.5. The van der Waals surface area contributed by atoms with Gasteiger partial charge in [0.25, 0.3) is 0 Å². The van der Waals surface area contributed by atoms with E-state index >= 15 is 0 Å². The number of aromatic amines is 1. The van der Waals surface area contributed by atoms with E-state index in [1.807, 2.05) is 44.2 Å². The molecule has 0 amide bonds. The van der Waals surface area contributed by atoms with Crippen LogP contribution in [0.15, 0.2) is 30.3 Å². The van der Waals surface area contributed by atoms with Crippen LogP contribution in [0.2, 0.25) is 0 Å². The van der Waals surface area contributed by atoms with Crippen LogP contribution in [0.25, 0.3) is 22.4 Å². The molecule has 0 spiro atoms. The van der Waals surface area contributed by atoms with Crippen molar-refractivity contribution in [2.75, 3.05) is 7.11 Å². The Morgan fingerprint density at radius 1 is 1.05 bits per heavy atom. The molecular formula is C15H15N3O. The van der Waals surface area contributed by atoms with Gasteiger partial charge < -0.3 is 9.72 Å². The molecule has 0 radical (unpaired) electrons. The molecule has 96 valence electrons. The Labute approximate surface area is 111 Å². The number of methoxy groups -OCH3 is 1. The summed E-state index contributed by atoms with van der Waals surface area (Å²) < 4.78 is 5.22. The van der Waals surface area contributed by atoms with E-state index in [4.69, 9.17) is 4.74 Å². The van der Waals surface area contributed by atoms with E-state index in [1.54, 1.807) is 7.11 Å². The Balaban J connectivity index is 2.14. The predicted octanol–water partition coefficient (Wildman–Crippen LogP) is 3.25. The van der Waals surface area contributed by atoms with Crippen LogP contribution in [0, 0.1) is 13.8 Å². The fourth-order valence-electron chi connectivity index (χ4n) is 2.18. The van der Waals surface area contributed by atoms with Gasteiger partial charge in [0.2, 0.25) is 0 Å². The normalized spacial score (nSPS) is 10.9. The highest BCUT2D eigenvalue weighted by Crippen LogP contribution is 2.25. The number of nitrogens with zero attached hydrogens (tertiary/aromatic N) is 2. The zero-order chi connectivity index (χ0) is 13.4. The van der Waals surface area contributed by atoms with Crippen molar-refractivity contribution in [3.05, 3.63) is 41.7 Å². The maximum Gasteiger partial charge on any atom is 0.140 e. The van der Waals surface area contributed by atoms with Gasteiger partial charge in [0.15, 0.2) is 0 Å². The first-order valence-corrected chi connectivity index (χ1v) is 6.16. The summed E-state index contributed by atoms with van der Waals surface area (Å²) in [6.45, 7) is 3.98. The number of nitrogens with one attached hydrogen (secondary N) is 1. The molecule has 4 heteroatoms. The van der Waals surface area contributed by atoms with Gasteiger partial charge in [-0.15, -0.1) is 0 Å². The van der Waals surface area contributed by atoms with Gasteiger partial charge in [-0.1, -0.05) is 0 Å². The fraction of sp³-hybridized carbons (Fsp3) is 0.200. The summed E-state index contributed by atoms with van der Waals surface area (Å²) in [6, 6.07) is 9.85. The second-order valence-electron chi connectivity index (χ2n) is 4.55. The van der Waals surface area contributed by atoms with Crippen molar-refractivity contribution in [2.45, 2.75) is 13.8 Å². The number of ether oxygens (including phenoxy) is 1. The van der Waals surface area contributed by atoms with Gasteiger partial charge in [-0.3, -0.25) is 4.98 Å². The van der Waals surface area contributed by atoms with Gasteiger partial charge in [0, 0.05) is 23.0 Å². The SMILES string of the molecule is COc1ccc2nc(-c3ccc(C)nc3C)[nH]c2c1. The van der Waals surface area contributed by atoms with Crippen LogP contribution < -0.4 is 4.74 Å². The predicted molar refractivity (Wildman–Crippen MR) is 75.4 cm³/mol. The van der Waals surface area contributed by atoms with Crippen molar-refractivity contribution in [1.82, 2.24) is 15.0 Å². The number of rotatable bonds is 2. The summed E-state index contributed by atoms with van der Waals surface area (Å²) in [7, 11) is 1.66. The van der Waals surface area contributed by atoms with Crippen LogP contribution in [0.4, 0.5) is 0 Å². The molecule has 0 fully saturated rings. The first-order chi connectivity index (χ1) is 9.17. The lowest BCUT2D eigenvalue weighted by molar-refractivity contribution is 0.415. The summed E-state index contributed by atoms with van der Waals surface area (Å²) in [4.78, 5) is 12.4. The molecule has 0 saturated carbocycles. The van der Waals surface area contributed by atoms with Gasteiger partial charge in [-0.2, -0.15) is 0 Å². The first-order valence-electron chi connectivity index (χ1n) is 6.16. The second kappa shape index (κ2) is 4.39. The summed E-state index contributed by atoms with van der Waals surface area (Å²) in [5.41, 5.74) is 4.91.